The van der Waals surface area contributed by atoms with Crippen molar-refractivity contribution in [3.05, 3.63) is 114 Å². The third kappa shape index (κ3) is 6.07. The molecular formula is C27H18BrClO5. The van der Waals surface area contributed by atoms with Gasteiger partial charge in [-0.3, -0.25) is 0 Å². The highest BCUT2D eigenvalue weighted by Crippen LogP contribution is 2.43. The molecular weight excluding hydrogens is 520 g/mol. The first kappa shape index (κ1) is 24.0. The minimum absolute atomic E-state index is 0.854. The van der Waals surface area contributed by atoms with Crippen molar-refractivity contribution >= 4 is 15.9 Å². The predicted molar refractivity (Wildman–Crippen MR) is 124 cm³/mol. The van der Waals surface area contributed by atoms with E-state index < -0.39 is 10.2 Å². The van der Waals surface area contributed by atoms with Crippen molar-refractivity contribution in [3.63, 3.8) is 0 Å². The number of fused-ring (bicyclic) bond motifs is 1. The van der Waals surface area contributed by atoms with E-state index in [9.17, 15) is 0 Å². The summed E-state index contributed by atoms with van der Waals surface area (Å²) in [4.78, 5) is 0. The van der Waals surface area contributed by atoms with Gasteiger partial charge in [0.15, 0.2) is 0 Å². The van der Waals surface area contributed by atoms with Gasteiger partial charge >= 0.3 is 11.5 Å². The molecule has 2 aliphatic rings. The second-order valence-electron chi connectivity index (χ2n) is 7.33. The Hall–Kier alpha value is -3.10. The lowest BCUT2D eigenvalue weighted by Gasteiger charge is -2.17. The molecule has 0 unspecified atom stereocenters. The van der Waals surface area contributed by atoms with E-state index in [2.05, 4.69) is 88.7 Å². The van der Waals surface area contributed by atoms with Crippen molar-refractivity contribution in [2.24, 2.45) is 0 Å². The van der Waals surface area contributed by atoms with Crippen molar-refractivity contribution in [1.82, 2.24) is 0 Å². The SMILES string of the molecule is Brc1cc(-c2cc(-c3ccccc3)[o+]c(-c3ccccc3)c2)c2cccccc1-2.[O-][Cl+3]([O-])([O-])[O-]. The maximum atomic E-state index is 8.49. The zero-order valence-corrected chi connectivity index (χ0v) is 20.0. The Morgan fingerprint density at radius 3 is 1.38 bits per heavy atom. The minimum atomic E-state index is -4.94. The molecule has 2 aliphatic carbocycles. The summed E-state index contributed by atoms with van der Waals surface area (Å²) in [5.41, 5.74) is 6.86. The number of hydrogen-bond donors (Lipinski definition) is 0. The van der Waals surface area contributed by atoms with E-state index in [1.807, 2.05) is 36.4 Å². The van der Waals surface area contributed by atoms with Gasteiger partial charge in [-0.05, 0) is 47.0 Å². The Morgan fingerprint density at radius 1 is 0.500 bits per heavy atom. The zero-order chi connectivity index (χ0) is 24.1. The van der Waals surface area contributed by atoms with E-state index in [-0.39, 0.29) is 0 Å². The summed E-state index contributed by atoms with van der Waals surface area (Å²) in [7, 11) is -4.94. The Labute approximate surface area is 207 Å². The topological polar surface area (TPSA) is 104 Å². The highest BCUT2D eigenvalue weighted by atomic mass is 79.9. The quantitative estimate of drug-likeness (QED) is 0.327. The molecule has 0 aliphatic heterocycles. The van der Waals surface area contributed by atoms with Gasteiger partial charge in [-0.2, -0.15) is 0 Å². The predicted octanol–water partition coefficient (Wildman–Crippen LogP) is 3.67. The van der Waals surface area contributed by atoms with Crippen LogP contribution in [0.3, 0.4) is 0 Å². The van der Waals surface area contributed by atoms with Crippen LogP contribution in [0.15, 0.2) is 118 Å². The van der Waals surface area contributed by atoms with Gasteiger partial charge in [0, 0.05) is 10.0 Å². The molecule has 0 bridgehead atoms. The molecule has 7 heteroatoms. The van der Waals surface area contributed by atoms with Gasteiger partial charge in [0.2, 0.25) is 0 Å². The summed E-state index contributed by atoms with van der Waals surface area (Å²) < 4.78 is 41.4. The standard InChI is InChI=1S/C27H18BrO.ClHO4/c28-25-18-24(22-14-8-3-9-15-23(22)25)21-16-26(19-10-4-1-5-11-19)29-27(17-21)20-12-6-2-7-13-20;2-1(3,4)5/h1-18H;(H,2,3,4,5)/q+1;/p-1. The molecule has 0 amide bonds. The number of benzene rings is 2. The summed E-state index contributed by atoms with van der Waals surface area (Å²) in [6, 6.07) is 37.5. The van der Waals surface area contributed by atoms with E-state index in [0.29, 0.717) is 0 Å². The normalized spacial score (nSPS) is 11.1. The Morgan fingerprint density at radius 2 is 0.912 bits per heavy atom. The first-order valence-corrected chi connectivity index (χ1v) is 12.2. The van der Waals surface area contributed by atoms with Crippen molar-refractivity contribution in [3.8, 4) is 44.9 Å². The van der Waals surface area contributed by atoms with Crippen molar-refractivity contribution in [1.29, 1.82) is 0 Å². The minimum Gasteiger partial charge on any atom is -0.222 e. The highest BCUT2D eigenvalue weighted by Gasteiger charge is 2.23. The van der Waals surface area contributed by atoms with Gasteiger partial charge in [0.25, 0.3) is 0 Å². The molecule has 1 aromatic heterocycles. The molecule has 0 saturated heterocycles. The van der Waals surface area contributed by atoms with Gasteiger partial charge in [-0.25, -0.2) is 23.1 Å². The lowest BCUT2D eigenvalue weighted by atomic mass is 10.00. The van der Waals surface area contributed by atoms with Gasteiger partial charge in [-0.15, -0.1) is 10.2 Å². The maximum absolute atomic E-state index is 8.49. The van der Waals surface area contributed by atoms with Gasteiger partial charge in [-0.1, -0.05) is 82.7 Å². The van der Waals surface area contributed by atoms with Gasteiger partial charge < -0.3 is 0 Å². The van der Waals surface area contributed by atoms with Crippen LogP contribution in [0.1, 0.15) is 0 Å². The fourth-order valence-corrected chi connectivity index (χ4v) is 4.23. The molecule has 0 spiro atoms. The summed E-state index contributed by atoms with van der Waals surface area (Å²) in [6.45, 7) is 0. The Bertz CT molecular complexity index is 1290. The molecule has 34 heavy (non-hydrogen) atoms. The highest BCUT2D eigenvalue weighted by molar-refractivity contribution is 9.10. The van der Waals surface area contributed by atoms with Gasteiger partial charge in [0.05, 0.1) is 23.3 Å². The fourth-order valence-electron chi connectivity index (χ4n) is 3.66. The van der Waals surface area contributed by atoms with Crippen LogP contribution in [0.25, 0.3) is 44.9 Å². The van der Waals surface area contributed by atoms with Crippen LogP contribution in [-0.2, 0) is 0 Å². The van der Waals surface area contributed by atoms with Crippen LogP contribution < -0.4 is 18.6 Å². The number of hydrogen-bond acceptors (Lipinski definition) is 4. The molecule has 0 radical (unpaired) electrons. The van der Waals surface area contributed by atoms with Crippen LogP contribution in [0.2, 0.25) is 0 Å². The lowest BCUT2D eigenvalue weighted by molar-refractivity contribution is -2.00. The average molecular weight is 538 g/mol. The Kier molecular flexibility index (Phi) is 7.38. The van der Waals surface area contributed by atoms with E-state index in [4.69, 9.17) is 23.1 Å². The van der Waals surface area contributed by atoms with Crippen molar-refractivity contribution in [2.75, 3.05) is 0 Å². The van der Waals surface area contributed by atoms with Crippen LogP contribution in [0.4, 0.5) is 0 Å². The Balaban J connectivity index is 0.000000499. The molecule has 0 saturated carbocycles. The van der Waals surface area contributed by atoms with E-state index in [1.165, 1.54) is 16.7 Å². The van der Waals surface area contributed by atoms with Crippen LogP contribution in [0.5, 0.6) is 0 Å². The van der Waals surface area contributed by atoms with E-state index >= 15 is 0 Å². The first-order valence-electron chi connectivity index (χ1n) is 10.2. The summed E-state index contributed by atoms with van der Waals surface area (Å²) in [6.07, 6.45) is 0. The number of rotatable bonds is 3. The summed E-state index contributed by atoms with van der Waals surface area (Å²) >= 11 is 3.74. The number of halogens is 2. The second-order valence-corrected chi connectivity index (χ2v) is 8.94. The van der Waals surface area contributed by atoms with E-state index in [1.54, 1.807) is 0 Å². The second kappa shape index (κ2) is 10.4. The molecule has 3 aromatic rings. The van der Waals surface area contributed by atoms with Crippen LogP contribution >= 0.6 is 15.9 Å². The molecule has 5 rings (SSSR count). The molecule has 170 valence electrons. The van der Waals surface area contributed by atoms with E-state index in [0.717, 1.165) is 32.7 Å². The van der Waals surface area contributed by atoms with Crippen molar-refractivity contribution < 1.29 is 33.3 Å². The summed E-state index contributed by atoms with van der Waals surface area (Å²) in [5.74, 6) is 1.71. The summed E-state index contributed by atoms with van der Waals surface area (Å²) in [5, 5.41) is 0. The van der Waals surface area contributed by atoms with Gasteiger partial charge in [0.1, 0.15) is 0 Å². The van der Waals surface area contributed by atoms with Crippen LogP contribution in [-0.4, -0.2) is 0 Å². The first-order chi connectivity index (χ1) is 16.3. The monoisotopic (exact) mass is 536 g/mol. The smallest absolute Gasteiger partial charge is 0.222 e. The third-order valence-corrected chi connectivity index (χ3v) is 5.73. The molecule has 0 atom stereocenters. The molecule has 0 N–H and O–H groups in total. The largest absolute Gasteiger partial charge is 0.361 e. The third-order valence-electron chi connectivity index (χ3n) is 5.08. The lowest BCUT2D eigenvalue weighted by Crippen LogP contribution is -2.68. The molecule has 1 heterocycles. The average Bonchev–Trinajstić information content (AvgIpc) is 2.98. The van der Waals surface area contributed by atoms with Crippen molar-refractivity contribution in [2.45, 2.75) is 0 Å². The zero-order valence-electron chi connectivity index (χ0n) is 17.7. The van der Waals surface area contributed by atoms with Crippen LogP contribution in [0, 0.1) is 10.2 Å². The fraction of sp³-hybridized carbons (Fsp3) is 0. The maximum Gasteiger partial charge on any atom is 0.361 e. The molecule has 0 fully saturated rings. The molecule has 2 aromatic carbocycles. The molecule has 5 nitrogen and oxygen atoms in total.